The highest BCUT2D eigenvalue weighted by Gasteiger charge is 2.43. The summed E-state index contributed by atoms with van der Waals surface area (Å²) in [5.41, 5.74) is -0.402. The first-order chi connectivity index (χ1) is 7.95. The van der Waals surface area contributed by atoms with E-state index in [9.17, 15) is 13.9 Å². The van der Waals surface area contributed by atoms with E-state index in [0.29, 0.717) is 24.3 Å². The summed E-state index contributed by atoms with van der Waals surface area (Å²) >= 11 is 0. The van der Waals surface area contributed by atoms with Crippen molar-refractivity contribution in [1.82, 2.24) is 0 Å². The fourth-order valence-electron chi connectivity index (χ4n) is 2.40. The van der Waals surface area contributed by atoms with E-state index >= 15 is 0 Å². The number of hydrogen-bond acceptors (Lipinski definition) is 2. The smallest absolute Gasteiger partial charge is 0.135 e. The molecule has 1 aliphatic rings. The highest BCUT2D eigenvalue weighted by atomic mass is 19.1. The van der Waals surface area contributed by atoms with Crippen LogP contribution in [0.15, 0.2) is 18.2 Å². The Morgan fingerprint density at radius 3 is 2.82 bits per heavy atom. The summed E-state index contributed by atoms with van der Waals surface area (Å²) in [6, 6.07) is 4.10. The lowest BCUT2D eigenvalue weighted by molar-refractivity contribution is 0.0265. The van der Waals surface area contributed by atoms with E-state index in [2.05, 4.69) is 0 Å². The normalized spacial score (nSPS) is 26.9. The lowest BCUT2D eigenvalue weighted by Gasteiger charge is -2.39. The fourth-order valence-corrected chi connectivity index (χ4v) is 2.40. The predicted molar refractivity (Wildman–Crippen MR) is 60.4 cm³/mol. The molecule has 0 saturated heterocycles. The summed E-state index contributed by atoms with van der Waals surface area (Å²) in [6.07, 6.45) is -2.10. The number of benzene rings is 1. The molecule has 1 aromatic rings. The van der Waals surface area contributed by atoms with Crippen LogP contribution in [0.1, 0.15) is 25.8 Å². The molecule has 1 heterocycles. The fraction of sp³-hybridized carbons (Fsp3) is 0.538. The minimum atomic E-state index is -1.44. The molecule has 0 bridgehead atoms. The Balaban J connectivity index is 2.49. The van der Waals surface area contributed by atoms with Crippen molar-refractivity contribution in [3.63, 3.8) is 0 Å². The Labute approximate surface area is 99.2 Å². The third-order valence-electron chi connectivity index (χ3n) is 3.47. The average Bonchev–Trinajstić information content (AvgIpc) is 2.29. The van der Waals surface area contributed by atoms with Gasteiger partial charge < -0.3 is 9.84 Å². The molecule has 3 unspecified atom stereocenters. The van der Waals surface area contributed by atoms with E-state index in [1.54, 1.807) is 6.92 Å². The number of ether oxygens (including phenoxy) is 1. The van der Waals surface area contributed by atoms with Gasteiger partial charge in [-0.2, -0.15) is 0 Å². The van der Waals surface area contributed by atoms with Crippen LogP contribution in [0.3, 0.4) is 0 Å². The van der Waals surface area contributed by atoms with Crippen molar-refractivity contribution < 1.29 is 18.6 Å². The van der Waals surface area contributed by atoms with Gasteiger partial charge in [-0.15, -0.1) is 0 Å². The quantitative estimate of drug-likeness (QED) is 0.863. The molecule has 0 saturated carbocycles. The van der Waals surface area contributed by atoms with Crippen LogP contribution in [-0.2, 0) is 5.41 Å². The van der Waals surface area contributed by atoms with Gasteiger partial charge in [0.15, 0.2) is 0 Å². The van der Waals surface area contributed by atoms with Crippen molar-refractivity contribution in [2.24, 2.45) is 0 Å². The molecule has 4 heteroatoms. The molecule has 0 spiro atoms. The summed E-state index contributed by atoms with van der Waals surface area (Å²) in [7, 11) is 0. The van der Waals surface area contributed by atoms with Crippen molar-refractivity contribution in [2.45, 2.75) is 38.0 Å². The van der Waals surface area contributed by atoms with Crippen LogP contribution >= 0.6 is 0 Å². The summed E-state index contributed by atoms with van der Waals surface area (Å²) in [6.45, 7) is 3.48. The van der Waals surface area contributed by atoms with E-state index in [1.807, 2.05) is 0 Å². The first-order valence-corrected chi connectivity index (χ1v) is 5.70. The van der Waals surface area contributed by atoms with Crippen molar-refractivity contribution in [3.8, 4) is 5.75 Å². The molecule has 3 atom stereocenters. The Bertz CT molecular complexity index is 420. The van der Waals surface area contributed by atoms with E-state index < -0.39 is 23.5 Å². The molecule has 0 aromatic heterocycles. The van der Waals surface area contributed by atoms with Crippen LogP contribution in [0, 0.1) is 5.82 Å². The molecule has 0 radical (unpaired) electrons. The van der Waals surface area contributed by atoms with Crippen molar-refractivity contribution in [3.05, 3.63) is 29.6 Å². The van der Waals surface area contributed by atoms with Crippen LogP contribution in [0.2, 0.25) is 0 Å². The Hall–Kier alpha value is -1.16. The van der Waals surface area contributed by atoms with Gasteiger partial charge in [-0.1, -0.05) is 6.92 Å². The third-order valence-corrected chi connectivity index (χ3v) is 3.47. The molecule has 94 valence electrons. The van der Waals surface area contributed by atoms with Crippen LogP contribution in [0.5, 0.6) is 5.75 Å². The van der Waals surface area contributed by atoms with Crippen LogP contribution in [0.25, 0.3) is 0 Å². The molecule has 0 amide bonds. The highest BCUT2D eigenvalue weighted by molar-refractivity contribution is 5.42. The monoisotopic (exact) mass is 242 g/mol. The topological polar surface area (TPSA) is 29.5 Å². The SMILES string of the molecule is CC(O)C(F)C1(C)CCOc2ccc(F)cc21. The van der Waals surface area contributed by atoms with Crippen molar-refractivity contribution >= 4 is 0 Å². The second kappa shape index (κ2) is 4.26. The summed E-state index contributed by atoms with van der Waals surface area (Å²) in [5, 5.41) is 9.42. The van der Waals surface area contributed by atoms with Gasteiger partial charge in [0.05, 0.1) is 12.7 Å². The second-order valence-electron chi connectivity index (χ2n) is 4.80. The second-order valence-corrected chi connectivity index (χ2v) is 4.80. The van der Waals surface area contributed by atoms with Crippen LogP contribution in [-0.4, -0.2) is 24.0 Å². The van der Waals surface area contributed by atoms with E-state index in [1.165, 1.54) is 25.1 Å². The Morgan fingerprint density at radius 1 is 1.47 bits per heavy atom. The van der Waals surface area contributed by atoms with Gasteiger partial charge in [0.25, 0.3) is 0 Å². The molecule has 2 rings (SSSR count). The van der Waals surface area contributed by atoms with Crippen LogP contribution < -0.4 is 4.74 Å². The summed E-state index contributed by atoms with van der Waals surface area (Å²) in [5.74, 6) is 0.0849. The van der Waals surface area contributed by atoms with Crippen LogP contribution in [0.4, 0.5) is 8.78 Å². The summed E-state index contributed by atoms with van der Waals surface area (Å²) in [4.78, 5) is 0. The van der Waals surface area contributed by atoms with Gasteiger partial charge in [0.1, 0.15) is 17.7 Å². The zero-order valence-electron chi connectivity index (χ0n) is 9.91. The number of alkyl halides is 1. The van der Waals surface area contributed by atoms with E-state index in [-0.39, 0.29) is 0 Å². The number of aliphatic hydroxyl groups is 1. The molecule has 1 aromatic carbocycles. The minimum Gasteiger partial charge on any atom is -0.493 e. The number of hydrogen-bond donors (Lipinski definition) is 1. The Morgan fingerprint density at radius 2 is 2.18 bits per heavy atom. The van der Waals surface area contributed by atoms with Gasteiger partial charge in [0.2, 0.25) is 0 Å². The number of rotatable bonds is 2. The molecule has 0 aliphatic carbocycles. The highest BCUT2D eigenvalue weighted by Crippen LogP contribution is 2.43. The molecule has 17 heavy (non-hydrogen) atoms. The van der Waals surface area contributed by atoms with E-state index in [4.69, 9.17) is 4.74 Å². The summed E-state index contributed by atoms with van der Waals surface area (Å²) < 4.78 is 32.8. The lowest BCUT2D eigenvalue weighted by atomic mass is 9.72. The first-order valence-electron chi connectivity index (χ1n) is 5.70. The molecule has 0 fully saturated rings. The number of fused-ring (bicyclic) bond motifs is 1. The molecular formula is C13H16F2O2. The maximum Gasteiger partial charge on any atom is 0.135 e. The molecular weight excluding hydrogens is 226 g/mol. The van der Waals surface area contributed by atoms with Crippen molar-refractivity contribution in [2.75, 3.05) is 6.61 Å². The zero-order valence-corrected chi connectivity index (χ0v) is 9.91. The van der Waals surface area contributed by atoms with Crippen molar-refractivity contribution in [1.29, 1.82) is 0 Å². The molecule has 2 nitrogen and oxygen atoms in total. The Kier molecular flexibility index (Phi) is 3.08. The van der Waals surface area contributed by atoms with Gasteiger partial charge in [0, 0.05) is 11.0 Å². The molecule has 1 aliphatic heterocycles. The molecule has 1 N–H and O–H groups in total. The largest absolute Gasteiger partial charge is 0.493 e. The average molecular weight is 242 g/mol. The first kappa shape index (κ1) is 12.3. The maximum atomic E-state index is 14.2. The minimum absolute atomic E-state index is 0.377. The number of aliphatic hydroxyl groups excluding tert-OH is 1. The van der Waals surface area contributed by atoms with Gasteiger partial charge in [-0.25, -0.2) is 8.78 Å². The standard InChI is InChI=1S/C13H16F2O2/c1-8(16)12(15)13(2)5-6-17-11-4-3-9(14)7-10(11)13/h3-4,7-8,12,16H,5-6H2,1-2H3. The number of halogens is 2. The predicted octanol–water partition coefficient (Wildman–Crippen LogP) is 2.58. The maximum absolute atomic E-state index is 14.2. The van der Waals surface area contributed by atoms with E-state index in [0.717, 1.165) is 0 Å². The van der Waals surface area contributed by atoms with Gasteiger partial charge in [-0.3, -0.25) is 0 Å². The van der Waals surface area contributed by atoms with Gasteiger partial charge >= 0.3 is 0 Å². The lowest BCUT2D eigenvalue weighted by Crippen LogP contribution is -2.44. The third kappa shape index (κ3) is 2.02. The zero-order chi connectivity index (χ0) is 12.6. The van der Waals surface area contributed by atoms with Gasteiger partial charge in [-0.05, 0) is 31.5 Å².